The van der Waals surface area contributed by atoms with Crippen molar-refractivity contribution in [2.75, 3.05) is 0 Å². The third kappa shape index (κ3) is 2.43. The molecule has 1 nitrogen and oxygen atoms in total. The molecule has 19 heavy (non-hydrogen) atoms. The lowest BCUT2D eigenvalue weighted by atomic mass is 9.99. The molecule has 96 valence electrons. The molecule has 0 atom stereocenters. The van der Waals surface area contributed by atoms with Gasteiger partial charge in [-0.05, 0) is 48.1 Å². The molecular weight excluding hydrogens is 239 g/mol. The van der Waals surface area contributed by atoms with E-state index in [2.05, 4.69) is 12.1 Å². The standard InChI is InChI=1S/C17H15FO/c18-16-7-2-1-6-15(16)17(19)11-12-8-9-13-4-3-5-14(13)10-12/h1-2,6-10H,3-5,11H2. The zero-order chi connectivity index (χ0) is 13.2. The van der Waals surface area contributed by atoms with Crippen LogP contribution in [0.5, 0.6) is 0 Å². The minimum Gasteiger partial charge on any atom is -0.294 e. The van der Waals surface area contributed by atoms with E-state index in [0.717, 1.165) is 18.4 Å². The molecule has 0 spiro atoms. The maximum atomic E-state index is 13.5. The molecule has 2 heteroatoms. The Morgan fingerprint density at radius 2 is 1.84 bits per heavy atom. The summed E-state index contributed by atoms with van der Waals surface area (Å²) < 4.78 is 13.5. The second kappa shape index (κ2) is 4.96. The first-order valence-electron chi connectivity index (χ1n) is 6.62. The van der Waals surface area contributed by atoms with Crippen molar-refractivity contribution in [2.24, 2.45) is 0 Å². The summed E-state index contributed by atoms with van der Waals surface area (Å²) in [6.45, 7) is 0. The van der Waals surface area contributed by atoms with Gasteiger partial charge in [-0.15, -0.1) is 0 Å². The van der Waals surface area contributed by atoms with Crippen LogP contribution in [0.2, 0.25) is 0 Å². The summed E-state index contributed by atoms with van der Waals surface area (Å²) in [5.41, 5.74) is 3.90. The van der Waals surface area contributed by atoms with E-state index < -0.39 is 5.82 Å². The van der Waals surface area contributed by atoms with Crippen molar-refractivity contribution in [3.63, 3.8) is 0 Å². The van der Waals surface area contributed by atoms with Gasteiger partial charge in [0.25, 0.3) is 0 Å². The number of rotatable bonds is 3. The first kappa shape index (κ1) is 12.1. The molecule has 0 saturated heterocycles. The van der Waals surface area contributed by atoms with Crippen molar-refractivity contribution in [2.45, 2.75) is 25.7 Å². The van der Waals surface area contributed by atoms with Crippen LogP contribution in [-0.2, 0) is 19.3 Å². The highest BCUT2D eigenvalue weighted by atomic mass is 19.1. The molecule has 0 aliphatic heterocycles. The van der Waals surface area contributed by atoms with E-state index in [1.807, 2.05) is 6.07 Å². The molecule has 2 aromatic carbocycles. The molecule has 0 unspecified atom stereocenters. The van der Waals surface area contributed by atoms with E-state index in [0.29, 0.717) is 0 Å². The summed E-state index contributed by atoms with van der Waals surface area (Å²) in [6.07, 6.45) is 3.70. The number of carbonyl (C=O) groups excluding carboxylic acids is 1. The highest BCUT2D eigenvalue weighted by molar-refractivity contribution is 5.97. The van der Waals surface area contributed by atoms with Gasteiger partial charge in [0.2, 0.25) is 0 Å². The predicted molar refractivity (Wildman–Crippen MR) is 72.9 cm³/mol. The minimum absolute atomic E-state index is 0.156. The summed E-state index contributed by atoms with van der Waals surface area (Å²) in [5, 5.41) is 0. The van der Waals surface area contributed by atoms with Crippen molar-refractivity contribution in [1.82, 2.24) is 0 Å². The summed E-state index contributed by atoms with van der Waals surface area (Å²) in [7, 11) is 0. The van der Waals surface area contributed by atoms with Crippen molar-refractivity contribution < 1.29 is 9.18 Å². The van der Waals surface area contributed by atoms with Gasteiger partial charge < -0.3 is 0 Å². The largest absolute Gasteiger partial charge is 0.294 e. The number of benzene rings is 2. The number of hydrogen-bond donors (Lipinski definition) is 0. The first-order chi connectivity index (χ1) is 9.24. The summed E-state index contributed by atoms with van der Waals surface area (Å²) in [6, 6.07) is 12.4. The lowest BCUT2D eigenvalue weighted by molar-refractivity contribution is 0.0989. The molecule has 0 amide bonds. The van der Waals surface area contributed by atoms with Gasteiger partial charge >= 0.3 is 0 Å². The molecule has 0 aromatic heterocycles. The average molecular weight is 254 g/mol. The molecule has 0 bridgehead atoms. The van der Waals surface area contributed by atoms with Gasteiger partial charge in [-0.25, -0.2) is 4.39 Å². The van der Waals surface area contributed by atoms with E-state index in [4.69, 9.17) is 0 Å². The number of halogens is 1. The van der Waals surface area contributed by atoms with Gasteiger partial charge in [-0.2, -0.15) is 0 Å². The smallest absolute Gasteiger partial charge is 0.170 e. The van der Waals surface area contributed by atoms with Crippen molar-refractivity contribution >= 4 is 5.78 Å². The Bertz CT molecular complexity index is 631. The Hall–Kier alpha value is -1.96. The first-order valence-corrected chi connectivity index (χ1v) is 6.62. The molecule has 0 saturated carbocycles. The van der Waals surface area contributed by atoms with E-state index in [-0.39, 0.29) is 17.8 Å². The Balaban J connectivity index is 1.82. The number of ketones is 1. The van der Waals surface area contributed by atoms with Crippen LogP contribution in [0.1, 0.15) is 33.5 Å². The van der Waals surface area contributed by atoms with Crippen LogP contribution >= 0.6 is 0 Å². The van der Waals surface area contributed by atoms with Gasteiger partial charge in [-0.3, -0.25) is 4.79 Å². The van der Waals surface area contributed by atoms with E-state index in [9.17, 15) is 9.18 Å². The number of aryl methyl sites for hydroxylation is 2. The molecule has 1 aliphatic rings. The molecule has 3 rings (SSSR count). The van der Waals surface area contributed by atoms with Crippen molar-refractivity contribution in [3.05, 3.63) is 70.5 Å². The molecule has 0 radical (unpaired) electrons. The predicted octanol–water partition coefficient (Wildman–Crippen LogP) is 3.74. The fourth-order valence-corrected chi connectivity index (χ4v) is 2.70. The van der Waals surface area contributed by atoms with Gasteiger partial charge in [0.05, 0.1) is 5.56 Å². The number of fused-ring (bicyclic) bond motifs is 1. The minimum atomic E-state index is -0.436. The van der Waals surface area contributed by atoms with Crippen LogP contribution in [0.4, 0.5) is 4.39 Å². The molecule has 0 N–H and O–H groups in total. The van der Waals surface area contributed by atoms with E-state index in [1.54, 1.807) is 18.2 Å². The summed E-state index contributed by atoms with van der Waals surface area (Å²) >= 11 is 0. The fourth-order valence-electron chi connectivity index (χ4n) is 2.70. The van der Waals surface area contributed by atoms with Gasteiger partial charge in [0.1, 0.15) is 5.82 Å². The molecular formula is C17H15FO. The Morgan fingerprint density at radius 1 is 1.05 bits per heavy atom. The normalized spacial score (nSPS) is 13.3. The maximum absolute atomic E-state index is 13.5. The van der Waals surface area contributed by atoms with Crippen LogP contribution < -0.4 is 0 Å². The quantitative estimate of drug-likeness (QED) is 0.763. The highest BCUT2D eigenvalue weighted by Gasteiger charge is 2.14. The SMILES string of the molecule is O=C(Cc1ccc2c(c1)CCC2)c1ccccc1F. The third-order valence-corrected chi connectivity index (χ3v) is 3.70. The van der Waals surface area contributed by atoms with Crippen LogP contribution in [-0.4, -0.2) is 5.78 Å². The Labute approximate surface area is 112 Å². The molecule has 2 aromatic rings. The zero-order valence-corrected chi connectivity index (χ0v) is 10.7. The van der Waals surface area contributed by atoms with E-state index in [1.165, 1.54) is 23.6 Å². The Morgan fingerprint density at radius 3 is 2.68 bits per heavy atom. The monoisotopic (exact) mass is 254 g/mol. The lowest BCUT2D eigenvalue weighted by Gasteiger charge is -2.05. The van der Waals surface area contributed by atoms with Gasteiger partial charge in [0, 0.05) is 6.42 Å². The van der Waals surface area contributed by atoms with E-state index >= 15 is 0 Å². The van der Waals surface area contributed by atoms with Crippen LogP contribution in [0.15, 0.2) is 42.5 Å². The van der Waals surface area contributed by atoms with Crippen molar-refractivity contribution in [1.29, 1.82) is 0 Å². The fraction of sp³-hybridized carbons (Fsp3) is 0.235. The second-order valence-corrected chi connectivity index (χ2v) is 5.04. The van der Waals surface area contributed by atoms with Crippen LogP contribution in [0, 0.1) is 5.82 Å². The Kier molecular flexibility index (Phi) is 3.16. The topological polar surface area (TPSA) is 17.1 Å². The van der Waals surface area contributed by atoms with Crippen LogP contribution in [0.25, 0.3) is 0 Å². The highest BCUT2D eigenvalue weighted by Crippen LogP contribution is 2.23. The third-order valence-electron chi connectivity index (χ3n) is 3.70. The van der Waals surface area contributed by atoms with Crippen LogP contribution in [0.3, 0.4) is 0 Å². The average Bonchev–Trinajstić information content (AvgIpc) is 2.86. The second-order valence-electron chi connectivity index (χ2n) is 5.04. The number of Topliss-reactive ketones (excluding diaryl/α,β-unsaturated/α-hetero) is 1. The summed E-state index contributed by atoms with van der Waals surface area (Å²) in [5.74, 6) is -0.593. The molecule has 0 heterocycles. The zero-order valence-electron chi connectivity index (χ0n) is 10.7. The summed E-state index contributed by atoms with van der Waals surface area (Å²) in [4.78, 5) is 12.1. The lowest BCUT2D eigenvalue weighted by Crippen LogP contribution is -2.06. The van der Waals surface area contributed by atoms with Gasteiger partial charge in [-0.1, -0.05) is 30.3 Å². The molecule has 1 aliphatic carbocycles. The number of hydrogen-bond acceptors (Lipinski definition) is 1. The maximum Gasteiger partial charge on any atom is 0.170 e. The van der Waals surface area contributed by atoms with Crippen molar-refractivity contribution in [3.8, 4) is 0 Å². The number of carbonyl (C=O) groups is 1. The molecule has 0 fully saturated rings. The van der Waals surface area contributed by atoms with Gasteiger partial charge in [0.15, 0.2) is 5.78 Å².